The summed E-state index contributed by atoms with van der Waals surface area (Å²) in [6.07, 6.45) is 3.85. The summed E-state index contributed by atoms with van der Waals surface area (Å²) in [4.78, 5) is 6.41. The summed E-state index contributed by atoms with van der Waals surface area (Å²) in [5, 5.41) is 4.64. The lowest BCUT2D eigenvalue weighted by atomic mass is 9.87. The second-order valence-electron chi connectivity index (χ2n) is 8.60. The summed E-state index contributed by atoms with van der Waals surface area (Å²) < 4.78 is 6.04. The van der Waals surface area contributed by atoms with Gasteiger partial charge in [-0.2, -0.15) is 0 Å². The van der Waals surface area contributed by atoms with Crippen LogP contribution in [0.1, 0.15) is 56.5 Å². The van der Waals surface area contributed by atoms with Crippen molar-refractivity contribution in [3.63, 3.8) is 0 Å². The molecule has 2 aromatic carbocycles. The number of hydrogen-bond acceptors (Lipinski definition) is 3. The maximum absolute atomic E-state index is 6.04. The number of ether oxygens (including phenoxy) is 1. The summed E-state index contributed by atoms with van der Waals surface area (Å²) in [5.74, 6) is 0.971. The highest BCUT2D eigenvalue weighted by atomic mass is 16.5. The first-order valence-electron chi connectivity index (χ1n) is 11.8. The van der Waals surface area contributed by atoms with Crippen LogP contribution in [0, 0.1) is 0 Å². The van der Waals surface area contributed by atoms with Gasteiger partial charge in [-0.25, -0.2) is 0 Å². The van der Waals surface area contributed by atoms with Crippen LogP contribution in [0.15, 0.2) is 59.8 Å². The van der Waals surface area contributed by atoms with E-state index in [1.165, 1.54) is 40.6 Å². The molecule has 31 heavy (non-hydrogen) atoms. The molecule has 3 aromatic rings. The summed E-state index contributed by atoms with van der Waals surface area (Å²) >= 11 is 0. The van der Waals surface area contributed by atoms with E-state index in [2.05, 4.69) is 70.7 Å². The van der Waals surface area contributed by atoms with E-state index in [0.717, 1.165) is 31.8 Å². The van der Waals surface area contributed by atoms with Crippen LogP contribution in [-0.4, -0.2) is 35.6 Å². The monoisotopic (exact) mass is 415 g/mol. The third-order valence-corrected chi connectivity index (χ3v) is 6.85. The maximum Gasteiger partial charge on any atom is 0.123 e. The van der Waals surface area contributed by atoms with Crippen molar-refractivity contribution < 1.29 is 4.74 Å². The number of fused-ring (bicyclic) bond motifs is 3. The van der Waals surface area contributed by atoms with E-state index < -0.39 is 0 Å². The molecule has 1 atom stereocenters. The van der Waals surface area contributed by atoms with Gasteiger partial charge in [0.1, 0.15) is 11.9 Å². The number of rotatable bonds is 4. The molecule has 4 nitrogen and oxygen atoms in total. The third-order valence-electron chi connectivity index (χ3n) is 6.85. The van der Waals surface area contributed by atoms with Gasteiger partial charge in [-0.3, -0.25) is 0 Å². The van der Waals surface area contributed by atoms with E-state index in [1.54, 1.807) is 11.3 Å². The Hall–Kier alpha value is -2.72. The van der Waals surface area contributed by atoms with E-state index in [-0.39, 0.29) is 6.04 Å². The number of H-pyrrole nitrogens is 1. The van der Waals surface area contributed by atoms with Gasteiger partial charge in [0.15, 0.2) is 0 Å². The van der Waals surface area contributed by atoms with E-state index in [9.17, 15) is 0 Å². The highest BCUT2D eigenvalue weighted by molar-refractivity contribution is 5.85. The molecule has 1 aliphatic carbocycles. The summed E-state index contributed by atoms with van der Waals surface area (Å²) in [7, 11) is 0. The number of hydrogen-bond donors (Lipinski definition) is 2. The molecule has 3 aliphatic rings. The first kappa shape index (κ1) is 20.2. The normalized spacial score (nSPS) is 20.5. The topological polar surface area (TPSA) is 40.3 Å². The standard InChI is InChI=1S/C25H27N3O.C2H6/c1-16-6-11-23(16)28-13-12-21-20-4-2-3-5-22(20)27-24(21)25(28)17-7-9-18(10-8-17)29-19-14-26-15-19;1-2/h2-5,7-10,19,25-27H,6,11-15H2,1H3;1-2H3. The molecule has 1 unspecified atom stereocenters. The fraction of sp³-hybridized carbons (Fsp3) is 0.407. The van der Waals surface area contributed by atoms with Gasteiger partial charge < -0.3 is 19.9 Å². The van der Waals surface area contributed by atoms with Crippen LogP contribution in [0.25, 0.3) is 10.9 Å². The Labute approximate surface area is 185 Å². The van der Waals surface area contributed by atoms with Crippen molar-refractivity contribution in [2.75, 3.05) is 19.6 Å². The minimum Gasteiger partial charge on any atom is -0.488 e. The minimum atomic E-state index is 0.246. The van der Waals surface area contributed by atoms with E-state index in [1.807, 2.05) is 13.8 Å². The van der Waals surface area contributed by atoms with Crippen LogP contribution in [0.2, 0.25) is 0 Å². The van der Waals surface area contributed by atoms with Crippen molar-refractivity contribution >= 4 is 10.9 Å². The SMILES string of the molecule is CC.CC1=C(N2CCc3c([nH]c4ccccc34)C2c2ccc(OC3CNC3)cc2)CC1. The number of aromatic amines is 1. The smallest absolute Gasteiger partial charge is 0.123 e. The lowest BCUT2D eigenvalue weighted by Crippen LogP contribution is -2.50. The molecule has 2 N–H and O–H groups in total. The Morgan fingerprint density at radius 2 is 1.71 bits per heavy atom. The minimum absolute atomic E-state index is 0.246. The largest absolute Gasteiger partial charge is 0.488 e. The van der Waals surface area contributed by atoms with Crippen molar-refractivity contribution in [3.8, 4) is 5.75 Å². The Morgan fingerprint density at radius 1 is 0.935 bits per heavy atom. The molecule has 1 fully saturated rings. The molecule has 1 saturated heterocycles. The number of nitrogens with one attached hydrogen (secondary N) is 2. The van der Waals surface area contributed by atoms with Crippen molar-refractivity contribution in [1.82, 2.24) is 15.2 Å². The van der Waals surface area contributed by atoms with Gasteiger partial charge in [-0.1, -0.05) is 49.8 Å². The number of nitrogens with zero attached hydrogens (tertiary/aromatic N) is 1. The van der Waals surface area contributed by atoms with Crippen LogP contribution in [0.4, 0.5) is 0 Å². The number of para-hydroxylation sites is 1. The Kier molecular flexibility index (Phi) is 5.49. The zero-order valence-electron chi connectivity index (χ0n) is 18.9. The van der Waals surface area contributed by atoms with Crippen LogP contribution < -0.4 is 10.1 Å². The van der Waals surface area contributed by atoms with Crippen LogP contribution in [0.3, 0.4) is 0 Å². The summed E-state index contributed by atoms with van der Waals surface area (Å²) in [6, 6.07) is 17.8. The van der Waals surface area contributed by atoms with E-state index >= 15 is 0 Å². The number of allylic oxidation sites excluding steroid dienone is 2. The molecule has 2 aliphatic heterocycles. The molecule has 1 aromatic heterocycles. The highest BCUT2D eigenvalue weighted by Gasteiger charge is 2.35. The maximum atomic E-state index is 6.04. The van der Waals surface area contributed by atoms with Crippen LogP contribution in [0.5, 0.6) is 5.75 Å². The zero-order chi connectivity index (χ0) is 21.4. The van der Waals surface area contributed by atoms with Gasteiger partial charge >= 0.3 is 0 Å². The predicted molar refractivity (Wildman–Crippen MR) is 128 cm³/mol. The van der Waals surface area contributed by atoms with Crippen LogP contribution in [-0.2, 0) is 6.42 Å². The molecule has 162 valence electrons. The Bertz CT molecular complexity index is 1090. The lowest BCUT2D eigenvalue weighted by molar-refractivity contribution is 0.142. The van der Waals surface area contributed by atoms with Gasteiger partial charge in [0.25, 0.3) is 0 Å². The first-order valence-corrected chi connectivity index (χ1v) is 11.8. The second-order valence-corrected chi connectivity index (χ2v) is 8.60. The van der Waals surface area contributed by atoms with Gasteiger partial charge in [-0.15, -0.1) is 0 Å². The van der Waals surface area contributed by atoms with Crippen molar-refractivity contribution in [2.45, 2.75) is 52.2 Å². The third kappa shape index (κ3) is 3.53. The highest BCUT2D eigenvalue weighted by Crippen LogP contribution is 2.44. The lowest BCUT2D eigenvalue weighted by Gasteiger charge is -2.43. The average Bonchev–Trinajstić information content (AvgIpc) is 3.16. The van der Waals surface area contributed by atoms with Crippen molar-refractivity contribution in [2.24, 2.45) is 0 Å². The fourth-order valence-corrected chi connectivity index (χ4v) is 5.02. The molecule has 0 saturated carbocycles. The van der Waals surface area contributed by atoms with Gasteiger partial charge in [0, 0.05) is 41.9 Å². The Balaban J connectivity index is 0.000000994. The molecular weight excluding hydrogens is 382 g/mol. The summed E-state index contributed by atoms with van der Waals surface area (Å²) in [6.45, 7) is 9.27. The molecule has 0 radical (unpaired) electrons. The number of aromatic nitrogens is 1. The van der Waals surface area contributed by atoms with Gasteiger partial charge in [-0.05, 0) is 55.5 Å². The zero-order valence-corrected chi connectivity index (χ0v) is 18.9. The van der Waals surface area contributed by atoms with Gasteiger partial charge in [0.05, 0.1) is 6.04 Å². The first-order chi connectivity index (χ1) is 15.3. The van der Waals surface area contributed by atoms with Gasteiger partial charge in [0.2, 0.25) is 0 Å². The second kappa shape index (κ2) is 8.43. The molecule has 0 spiro atoms. The molecule has 3 heterocycles. The molecule has 6 rings (SSSR count). The molecule has 4 heteroatoms. The average molecular weight is 416 g/mol. The summed E-state index contributed by atoms with van der Waals surface area (Å²) in [5.41, 5.74) is 8.53. The number of benzene rings is 2. The molecule has 0 bridgehead atoms. The van der Waals surface area contributed by atoms with Crippen molar-refractivity contribution in [3.05, 3.63) is 76.6 Å². The molecular formula is C27H33N3O. The predicted octanol–water partition coefficient (Wildman–Crippen LogP) is 5.56. The quantitative estimate of drug-likeness (QED) is 0.586. The Morgan fingerprint density at radius 3 is 2.35 bits per heavy atom. The van der Waals surface area contributed by atoms with Crippen LogP contribution >= 0.6 is 0 Å². The van der Waals surface area contributed by atoms with E-state index in [0.29, 0.717) is 6.10 Å². The van der Waals surface area contributed by atoms with E-state index in [4.69, 9.17) is 4.74 Å². The van der Waals surface area contributed by atoms with Crippen molar-refractivity contribution in [1.29, 1.82) is 0 Å². The molecule has 0 amide bonds. The fourth-order valence-electron chi connectivity index (χ4n) is 5.02.